The smallest absolute Gasteiger partial charge is 0.276 e. The van der Waals surface area contributed by atoms with Gasteiger partial charge in [-0.15, -0.1) is 0 Å². The molecule has 0 aromatic heterocycles. The van der Waals surface area contributed by atoms with E-state index in [4.69, 9.17) is 0 Å². The van der Waals surface area contributed by atoms with E-state index in [0.717, 1.165) is 14.7 Å². The van der Waals surface area contributed by atoms with E-state index in [1.54, 1.807) is 4.90 Å². The number of nitrogens with zero attached hydrogens (tertiary/aromatic N) is 1. The SMILES string of the molecule is O=C1N(Cc2ccccc2)c2ccc(I)cc2C1(O)C#Cc1ccccc1. The Balaban J connectivity index is 1.78. The van der Waals surface area contributed by atoms with Crippen LogP contribution in [-0.2, 0) is 16.9 Å². The molecule has 3 aromatic carbocycles. The molecule has 0 bridgehead atoms. The lowest BCUT2D eigenvalue weighted by atomic mass is 9.95. The van der Waals surface area contributed by atoms with E-state index in [2.05, 4.69) is 34.4 Å². The normalized spacial score (nSPS) is 18.0. The fraction of sp³-hybridized carbons (Fsp3) is 0.0870. The molecule has 1 atom stereocenters. The van der Waals surface area contributed by atoms with E-state index in [9.17, 15) is 9.90 Å². The van der Waals surface area contributed by atoms with Crippen molar-refractivity contribution in [3.8, 4) is 11.8 Å². The highest BCUT2D eigenvalue weighted by atomic mass is 127. The first-order chi connectivity index (χ1) is 13.1. The number of hydrogen-bond donors (Lipinski definition) is 1. The summed E-state index contributed by atoms with van der Waals surface area (Å²) in [5.41, 5.74) is 1.15. The zero-order valence-corrected chi connectivity index (χ0v) is 16.6. The number of halogens is 1. The van der Waals surface area contributed by atoms with Crippen LogP contribution in [0.1, 0.15) is 16.7 Å². The number of hydrogen-bond acceptors (Lipinski definition) is 2. The molecule has 4 rings (SSSR count). The highest BCUT2D eigenvalue weighted by molar-refractivity contribution is 14.1. The Hall–Kier alpha value is -2.62. The van der Waals surface area contributed by atoms with Gasteiger partial charge in [0.2, 0.25) is 5.60 Å². The molecule has 0 radical (unpaired) electrons. The number of rotatable bonds is 2. The molecular weight excluding hydrogens is 449 g/mol. The molecule has 1 heterocycles. The van der Waals surface area contributed by atoms with Crippen LogP contribution < -0.4 is 4.90 Å². The third-order valence-electron chi connectivity index (χ3n) is 4.54. The van der Waals surface area contributed by atoms with E-state index >= 15 is 0 Å². The number of amides is 1. The maximum Gasteiger partial charge on any atom is 0.276 e. The molecule has 1 amide bonds. The molecule has 27 heavy (non-hydrogen) atoms. The van der Waals surface area contributed by atoms with Gasteiger partial charge in [0.15, 0.2) is 0 Å². The zero-order valence-electron chi connectivity index (χ0n) is 14.4. The molecule has 4 heteroatoms. The first kappa shape index (κ1) is 17.8. The molecule has 1 unspecified atom stereocenters. The Kier molecular flexibility index (Phi) is 4.73. The second-order valence-corrected chi connectivity index (χ2v) is 7.61. The van der Waals surface area contributed by atoms with Crippen LogP contribution in [0, 0.1) is 15.4 Å². The maximum absolute atomic E-state index is 13.2. The Labute approximate surface area is 171 Å². The lowest BCUT2D eigenvalue weighted by Gasteiger charge is -2.19. The van der Waals surface area contributed by atoms with Crippen LogP contribution in [0.25, 0.3) is 0 Å². The largest absolute Gasteiger partial charge is 0.366 e. The molecule has 0 saturated heterocycles. The minimum absolute atomic E-state index is 0.391. The summed E-state index contributed by atoms with van der Waals surface area (Å²) in [6.45, 7) is 0.391. The average Bonchev–Trinajstić information content (AvgIpc) is 2.90. The molecule has 0 fully saturated rings. The van der Waals surface area contributed by atoms with Crippen molar-refractivity contribution in [3.05, 3.63) is 99.1 Å². The first-order valence-electron chi connectivity index (χ1n) is 8.54. The first-order valence-corrected chi connectivity index (χ1v) is 9.62. The van der Waals surface area contributed by atoms with Gasteiger partial charge in [0.25, 0.3) is 5.91 Å². The van der Waals surface area contributed by atoms with Crippen molar-refractivity contribution in [2.45, 2.75) is 12.1 Å². The van der Waals surface area contributed by atoms with Crippen LogP contribution in [0.2, 0.25) is 0 Å². The molecule has 0 saturated carbocycles. The average molecular weight is 465 g/mol. The van der Waals surface area contributed by atoms with Gasteiger partial charge in [0.05, 0.1) is 12.2 Å². The minimum atomic E-state index is -1.85. The molecule has 0 spiro atoms. The lowest BCUT2D eigenvalue weighted by Crippen LogP contribution is -2.39. The van der Waals surface area contributed by atoms with Crippen LogP contribution in [0.15, 0.2) is 78.9 Å². The fourth-order valence-corrected chi connectivity index (χ4v) is 3.67. The Bertz CT molecular complexity index is 1050. The third kappa shape index (κ3) is 3.36. The van der Waals surface area contributed by atoms with Crippen molar-refractivity contribution in [1.82, 2.24) is 0 Å². The van der Waals surface area contributed by atoms with Gasteiger partial charge in [-0.3, -0.25) is 4.79 Å². The number of aliphatic hydroxyl groups is 1. The predicted octanol–water partition coefficient (Wildman–Crippen LogP) is 4.08. The molecule has 3 nitrogen and oxygen atoms in total. The van der Waals surface area contributed by atoms with E-state index < -0.39 is 11.5 Å². The van der Waals surface area contributed by atoms with Gasteiger partial charge >= 0.3 is 0 Å². The van der Waals surface area contributed by atoms with Crippen LogP contribution in [0.5, 0.6) is 0 Å². The van der Waals surface area contributed by atoms with Gasteiger partial charge in [-0.2, -0.15) is 0 Å². The van der Waals surface area contributed by atoms with Crippen LogP contribution in [0.3, 0.4) is 0 Å². The van der Waals surface area contributed by atoms with Gasteiger partial charge < -0.3 is 10.0 Å². The molecule has 132 valence electrons. The van der Waals surface area contributed by atoms with E-state index in [0.29, 0.717) is 17.8 Å². The molecule has 1 aliphatic rings. The van der Waals surface area contributed by atoms with Gasteiger partial charge in [-0.1, -0.05) is 54.5 Å². The summed E-state index contributed by atoms with van der Waals surface area (Å²) in [5.74, 6) is 5.38. The summed E-state index contributed by atoms with van der Waals surface area (Å²) in [6.07, 6.45) is 0. The zero-order chi connectivity index (χ0) is 18.9. The standard InChI is InChI=1S/C23H16INO2/c24-19-11-12-21-20(15-19)23(27,14-13-17-7-3-1-4-8-17)22(26)25(21)16-18-9-5-2-6-10-18/h1-12,15,27H,16H2. The number of carbonyl (C=O) groups is 1. The van der Waals surface area contributed by atoms with Crippen molar-refractivity contribution >= 4 is 34.2 Å². The summed E-state index contributed by atoms with van der Waals surface area (Å²) in [4.78, 5) is 14.8. The van der Waals surface area contributed by atoms with Gasteiger partial charge in [-0.05, 0) is 64.4 Å². The van der Waals surface area contributed by atoms with Crippen molar-refractivity contribution in [2.24, 2.45) is 0 Å². The summed E-state index contributed by atoms with van der Waals surface area (Å²) >= 11 is 2.18. The maximum atomic E-state index is 13.2. The van der Waals surface area contributed by atoms with Crippen molar-refractivity contribution < 1.29 is 9.90 Å². The Morgan fingerprint density at radius 1 is 0.963 bits per heavy atom. The quantitative estimate of drug-likeness (QED) is 0.458. The molecule has 0 aliphatic carbocycles. The van der Waals surface area contributed by atoms with E-state index in [-0.39, 0.29) is 0 Å². The molecule has 1 N–H and O–H groups in total. The fourth-order valence-electron chi connectivity index (χ4n) is 3.18. The molecular formula is C23H16INO2. The van der Waals surface area contributed by atoms with Crippen molar-refractivity contribution in [3.63, 3.8) is 0 Å². The third-order valence-corrected chi connectivity index (χ3v) is 5.21. The summed E-state index contributed by atoms with van der Waals surface area (Å²) in [5, 5.41) is 11.3. The molecule has 1 aliphatic heterocycles. The van der Waals surface area contributed by atoms with Crippen LogP contribution >= 0.6 is 22.6 Å². The number of carbonyl (C=O) groups excluding carboxylic acids is 1. The summed E-state index contributed by atoms with van der Waals surface area (Å²) in [6, 6.07) is 24.7. The van der Waals surface area contributed by atoms with Gasteiger partial charge in [-0.25, -0.2) is 0 Å². The highest BCUT2D eigenvalue weighted by Gasteiger charge is 2.49. The van der Waals surface area contributed by atoms with Crippen molar-refractivity contribution in [1.29, 1.82) is 0 Å². The second kappa shape index (κ2) is 7.18. The summed E-state index contributed by atoms with van der Waals surface area (Å²) in [7, 11) is 0. The number of fused-ring (bicyclic) bond motifs is 1. The monoisotopic (exact) mass is 465 g/mol. The second-order valence-electron chi connectivity index (χ2n) is 6.36. The predicted molar refractivity (Wildman–Crippen MR) is 114 cm³/mol. The van der Waals surface area contributed by atoms with Crippen LogP contribution in [-0.4, -0.2) is 11.0 Å². The van der Waals surface area contributed by atoms with E-state index in [1.807, 2.05) is 78.9 Å². The van der Waals surface area contributed by atoms with Crippen molar-refractivity contribution in [2.75, 3.05) is 4.90 Å². The Morgan fingerprint density at radius 2 is 1.63 bits per heavy atom. The number of benzene rings is 3. The van der Waals surface area contributed by atoms with Gasteiger partial charge in [0, 0.05) is 14.7 Å². The van der Waals surface area contributed by atoms with E-state index in [1.165, 1.54) is 0 Å². The lowest BCUT2D eigenvalue weighted by molar-refractivity contribution is -0.130. The number of anilines is 1. The molecule has 3 aromatic rings. The van der Waals surface area contributed by atoms with Gasteiger partial charge in [0.1, 0.15) is 0 Å². The van der Waals surface area contributed by atoms with Crippen LogP contribution in [0.4, 0.5) is 5.69 Å². The Morgan fingerprint density at radius 3 is 2.33 bits per heavy atom. The minimum Gasteiger partial charge on any atom is -0.366 e. The highest BCUT2D eigenvalue weighted by Crippen LogP contribution is 2.41. The topological polar surface area (TPSA) is 40.5 Å². The summed E-state index contributed by atoms with van der Waals surface area (Å²) < 4.78 is 0.945.